The number of nitrogens with zero attached hydrogens (tertiary/aromatic N) is 2. The molecule has 1 radical (unpaired) electrons. The minimum Gasteiger partial charge on any atom is -0.428 e. The number of nitrogens with one attached hydrogen (secondary N) is 1. The minimum absolute atomic E-state index is 0. The Morgan fingerprint density at radius 3 is 0.845 bits per heavy atom. The Labute approximate surface area is 849 Å². The number of hydrogen-bond acceptors (Lipinski definition) is 24. The number of epoxide rings is 1. The number of ether oxygens (including phenoxy) is 7. The van der Waals surface area contributed by atoms with E-state index in [2.05, 4.69) is 51.0 Å². The second-order valence-corrected chi connectivity index (χ2v) is 31.3. The number of aliphatic hydroxyl groups excluding tert-OH is 2. The number of benzene rings is 9. The van der Waals surface area contributed by atoms with E-state index in [1.165, 1.54) is 125 Å². The van der Waals surface area contributed by atoms with Gasteiger partial charge in [-0.2, -0.15) is 92.2 Å². The van der Waals surface area contributed by atoms with Crippen molar-refractivity contribution in [2.75, 3.05) is 34.8 Å². The zero-order chi connectivity index (χ0) is 111. The largest absolute Gasteiger partial charge is 3.00 e. The molecule has 0 bridgehead atoms. The van der Waals surface area contributed by atoms with E-state index >= 15 is 0 Å². The third-order valence-corrected chi connectivity index (χ3v) is 20.3. The number of hydrogen-bond donors (Lipinski definition) is 3. The van der Waals surface area contributed by atoms with E-state index in [1.807, 2.05) is 12.1 Å². The fraction of sp³-hybridized carbons (Fsp3) is 0.357. The third-order valence-electron chi connectivity index (χ3n) is 19.4. The Morgan fingerprint density at radius 2 is 0.601 bits per heavy atom. The zero-order valence-electron chi connectivity index (χ0n) is 72.2. The molecule has 1 saturated heterocycles. The molecule has 148 heavy (non-hydrogen) atoms. The van der Waals surface area contributed by atoms with Crippen molar-refractivity contribution in [2.45, 2.75) is 169 Å². The molecule has 0 aliphatic carbocycles. The van der Waals surface area contributed by atoms with E-state index in [0.29, 0.717) is 62.9 Å². The topological polar surface area (TPSA) is 257 Å². The quantitative estimate of drug-likeness (QED) is 0.0273. The predicted molar refractivity (Wildman–Crippen MR) is 429 cm³/mol. The van der Waals surface area contributed by atoms with Crippen LogP contribution in [-0.2, 0) is 94.8 Å². The van der Waals surface area contributed by atoms with Gasteiger partial charge >= 0.3 is 141 Å². The van der Waals surface area contributed by atoms with Crippen LogP contribution in [0.3, 0.4) is 0 Å². The second kappa shape index (κ2) is 52.1. The minimum atomic E-state index is -5.09. The molecule has 13 rings (SSSR count). The molecule has 6 unspecified atom stereocenters. The van der Waals surface area contributed by atoms with Gasteiger partial charge in [0.1, 0.15) is 34.5 Å². The van der Waals surface area contributed by atoms with Crippen LogP contribution in [0, 0.1) is 46.9 Å². The summed E-state index contributed by atoms with van der Waals surface area (Å²) >= 11 is 0. The number of rotatable bonds is 25. The van der Waals surface area contributed by atoms with Crippen molar-refractivity contribution in [2.24, 2.45) is 0 Å². The molecule has 4 heterocycles. The zero-order valence-corrected chi connectivity index (χ0v) is 76.3. The SMILES string of the molecule is FC(F)(F)C1CO1.FC(F)C(F)(F)Oc1ccc(C2CCc3c(cccc3-c3cccc(OC(F)(F)F)c3)N2)cc1.O=[S-](=O)OC(F)(F)F.O=[S-](=O)OC(F)(F)F.O=[S-](=O)OC(F)(F)F.OC(CN1c2cccc(-c3cccc(OC(F)(F)F)c3)c2CCC1c1ccc(OC(F)(F)C(F)F)cc1)C(F)(F)F.OC(CN1c2cccc(-c3cccc(OC(F)(F)F)c3)c2CCC1c1ccc(OC(F)(F)C(F)F)cc1)C(F)(F)F.[Yb+3]. The summed E-state index contributed by atoms with van der Waals surface area (Å²) < 4.78 is 567. The molecule has 0 aromatic heterocycles. The standard InChI is InChI=1S/2C27H21F10NO3.C24H18F7NO2.C3H3F3O.3CF3O3S.Yb/c2*28-24(29)26(33,34)40-17-9-7-15(8-10-17)21-12-11-20-19(16-3-1-4-18(13-16)41-27(35,36)37)5-2-6-22(20)38(21)14-23(39)25(30,31)32;25-22(26)23(27,28)33-16-9-7-14(8-10-16)20-12-11-19-18(5-2-6-21(19)32-20)15-3-1-4-17(13-15)34-24(29,30)31;4-3(5,6)2-1-7-2;3*2-1(3,4)7-8(5)6;/h2*1-10,13,21,23-24,39H,11-12,14H2;1-10,13,20,22,32H,11-12H2;2H,1H2;;;;/q;;;;3*-1;+3. The molecule has 64 heteroatoms. The predicted octanol–water partition coefficient (Wildman–Crippen LogP) is 26.6. The Balaban J connectivity index is 0.000000294. The molecule has 827 valence electrons. The molecule has 9 aromatic carbocycles. The van der Waals surface area contributed by atoms with E-state index < -0.39 is 194 Å². The molecule has 3 N–H and O–H groups in total. The second-order valence-electron chi connectivity index (χ2n) is 29.6. The smallest absolute Gasteiger partial charge is 0.428 e. The Bertz CT molecular complexity index is 5700. The molecule has 0 amide bonds. The molecule has 4 aliphatic rings. The summed E-state index contributed by atoms with van der Waals surface area (Å²) in [5.74, 6) is -2.88. The van der Waals surface area contributed by atoms with Crippen LogP contribution >= 0.6 is 0 Å². The van der Waals surface area contributed by atoms with Crippen LogP contribution in [0.2, 0.25) is 0 Å². The first-order valence-electron chi connectivity index (χ1n) is 39.8. The molecule has 4 aliphatic heterocycles. The molecular formula is C84H63F39N3O18S3Yb. The van der Waals surface area contributed by atoms with Crippen LogP contribution in [-0.4, -0.2) is 143 Å². The van der Waals surface area contributed by atoms with Gasteiger partial charge < -0.3 is 96.3 Å². The maximum atomic E-state index is 13.4. The van der Waals surface area contributed by atoms with Crippen LogP contribution in [0.1, 0.15) is 70.8 Å². The number of fused-ring (bicyclic) bond motifs is 3. The van der Waals surface area contributed by atoms with Crippen molar-refractivity contribution >= 4 is 50.0 Å². The van der Waals surface area contributed by atoms with Crippen molar-refractivity contribution in [1.29, 1.82) is 0 Å². The van der Waals surface area contributed by atoms with Crippen LogP contribution in [0.4, 0.5) is 188 Å². The number of aliphatic hydroxyl groups is 2. The van der Waals surface area contributed by atoms with E-state index in [0.717, 1.165) is 70.9 Å². The van der Waals surface area contributed by atoms with Gasteiger partial charge in [0, 0.05) is 17.1 Å². The van der Waals surface area contributed by atoms with Crippen LogP contribution in [0.25, 0.3) is 33.4 Å². The van der Waals surface area contributed by atoms with E-state index in [1.54, 1.807) is 24.3 Å². The molecule has 21 nitrogen and oxygen atoms in total. The fourth-order valence-electron chi connectivity index (χ4n) is 13.7. The molecule has 1 fully saturated rings. The van der Waals surface area contributed by atoms with Crippen molar-refractivity contribution < 1.29 is 299 Å². The maximum absolute atomic E-state index is 13.4. The van der Waals surface area contributed by atoms with Gasteiger partial charge in [-0.25, -0.2) is 0 Å². The van der Waals surface area contributed by atoms with Crippen molar-refractivity contribution in [1.82, 2.24) is 0 Å². The van der Waals surface area contributed by atoms with Gasteiger partial charge in [0.25, 0.3) is 0 Å². The van der Waals surface area contributed by atoms with Crippen molar-refractivity contribution in [3.8, 4) is 67.9 Å². The van der Waals surface area contributed by atoms with Gasteiger partial charge in [-0.1, -0.05) is 109 Å². The fourth-order valence-corrected chi connectivity index (χ4v) is 14.2. The Morgan fingerprint density at radius 1 is 0.331 bits per heavy atom. The van der Waals surface area contributed by atoms with E-state index in [-0.39, 0.29) is 108 Å². The van der Waals surface area contributed by atoms with Gasteiger partial charge in [0.05, 0.1) is 70.8 Å². The molecular weight excluding hydrogens is 2350 g/mol. The number of anilines is 3. The van der Waals surface area contributed by atoms with Crippen molar-refractivity contribution in [3.05, 3.63) is 234 Å². The molecule has 0 saturated carbocycles. The third kappa shape index (κ3) is 41.7. The summed E-state index contributed by atoms with van der Waals surface area (Å²) in [7, 11) is -10.5. The summed E-state index contributed by atoms with van der Waals surface area (Å²) in [4.78, 5) is 2.53. The van der Waals surface area contributed by atoms with Crippen molar-refractivity contribution in [3.63, 3.8) is 0 Å². The van der Waals surface area contributed by atoms with Gasteiger partial charge in [-0.3, -0.25) is 0 Å². The van der Waals surface area contributed by atoms with E-state index in [4.69, 9.17) is 25.3 Å². The van der Waals surface area contributed by atoms with Crippen LogP contribution < -0.4 is 43.5 Å². The summed E-state index contributed by atoms with van der Waals surface area (Å²) in [6.45, 7) is -2.00. The summed E-state index contributed by atoms with van der Waals surface area (Å²) in [5, 5.41) is 23.2. The first-order valence-corrected chi connectivity index (χ1v) is 42.8. The number of β-amino-alcohol motifs (C(OH)–C–C–N with tert-alkyl or cyclic N) is 2. The molecule has 6 atom stereocenters. The monoisotopic (exact) mass is 2410 g/mol. The Kier molecular flexibility index (Phi) is 44.4. The summed E-state index contributed by atoms with van der Waals surface area (Å²) in [6, 6.07) is 42.8. The average molecular weight is 2410 g/mol. The normalized spacial score (nSPS) is 16.5. The van der Waals surface area contributed by atoms with Gasteiger partial charge in [-0.15, -0.1) is 79.0 Å². The molecule has 9 aromatic rings. The first-order chi connectivity index (χ1) is 67.5. The van der Waals surface area contributed by atoms with Gasteiger partial charge in [-0.05, 0) is 196 Å². The Hall–Kier alpha value is -10.4. The average Bonchev–Trinajstić information content (AvgIpc) is 1.33. The van der Waals surface area contributed by atoms with E-state index in [9.17, 15) is 181 Å². The van der Waals surface area contributed by atoms with Gasteiger partial charge in [0.15, 0.2) is 18.3 Å². The number of alkyl halides is 39. The van der Waals surface area contributed by atoms with Gasteiger partial charge in [0.2, 0.25) is 0 Å². The van der Waals surface area contributed by atoms with Crippen LogP contribution in [0.15, 0.2) is 200 Å². The molecule has 0 spiro atoms. The summed E-state index contributed by atoms with van der Waals surface area (Å²) in [6.07, 6.45) is -75.3. The maximum Gasteiger partial charge on any atom is 3.00 e. The first kappa shape index (κ1) is 126. The summed E-state index contributed by atoms with van der Waals surface area (Å²) in [5.41, 5.74) is 7.39. The number of halogens is 39. The van der Waals surface area contributed by atoms with Crippen LogP contribution in [0.5, 0.6) is 34.5 Å².